The molecule has 3 rings (SSSR count). The molecule has 1 saturated carbocycles. The summed E-state index contributed by atoms with van der Waals surface area (Å²) in [6.45, 7) is 0. The molecule has 0 amide bonds. The largest absolute Gasteiger partial charge is 0.387 e. The summed E-state index contributed by atoms with van der Waals surface area (Å²) in [6, 6.07) is 0. The third kappa shape index (κ3) is 0.888. The molecule has 2 heterocycles. The monoisotopic (exact) mass is 210 g/mol. The Balaban J connectivity index is 1.87. The van der Waals surface area contributed by atoms with Crippen LogP contribution >= 0.6 is 23.2 Å². The van der Waals surface area contributed by atoms with Crippen molar-refractivity contribution in [2.24, 2.45) is 0 Å². The van der Waals surface area contributed by atoms with Crippen LogP contribution < -0.4 is 0 Å². The summed E-state index contributed by atoms with van der Waals surface area (Å²) in [4.78, 5) is 0. The van der Waals surface area contributed by atoms with E-state index in [1.165, 1.54) is 0 Å². The molecule has 1 aliphatic carbocycles. The molecule has 3 aliphatic rings. The summed E-state index contributed by atoms with van der Waals surface area (Å²) in [7, 11) is 0. The van der Waals surface area contributed by atoms with Gasteiger partial charge in [0.05, 0.1) is 10.8 Å². The van der Waals surface area contributed by atoms with Crippen LogP contribution in [0, 0.1) is 0 Å². The standard InChI is InChI=1S/C7H8Cl2O3/c8-1-2(9)5-7(12-5)3(10)6-4(1)11-6/h1-7,10H/t1-,2-,3?,4-,5+,6+,7-/m0/s1. The highest BCUT2D eigenvalue weighted by atomic mass is 35.5. The molecule has 5 heteroatoms. The van der Waals surface area contributed by atoms with E-state index in [4.69, 9.17) is 32.7 Å². The van der Waals surface area contributed by atoms with Gasteiger partial charge in [-0.1, -0.05) is 0 Å². The van der Waals surface area contributed by atoms with Crippen molar-refractivity contribution in [3.8, 4) is 0 Å². The first kappa shape index (κ1) is 7.83. The normalized spacial score (nSPS) is 67.8. The zero-order valence-electron chi connectivity index (χ0n) is 6.06. The lowest BCUT2D eigenvalue weighted by molar-refractivity contribution is 0.103. The van der Waals surface area contributed by atoms with Crippen molar-refractivity contribution in [3.63, 3.8) is 0 Å². The lowest BCUT2D eigenvalue weighted by Crippen LogP contribution is -2.25. The summed E-state index contributed by atoms with van der Waals surface area (Å²) in [5.41, 5.74) is 0. The Bertz CT molecular complexity index is 199. The molecule has 0 aromatic rings. The van der Waals surface area contributed by atoms with Crippen molar-refractivity contribution < 1.29 is 14.6 Å². The third-order valence-corrected chi connectivity index (χ3v) is 3.90. The number of epoxide rings is 2. The van der Waals surface area contributed by atoms with Gasteiger partial charge in [-0.3, -0.25) is 0 Å². The van der Waals surface area contributed by atoms with E-state index in [1.54, 1.807) is 0 Å². The van der Waals surface area contributed by atoms with E-state index in [9.17, 15) is 5.11 Å². The molecule has 0 radical (unpaired) electrons. The number of rotatable bonds is 0. The first-order chi connectivity index (χ1) is 5.70. The summed E-state index contributed by atoms with van der Waals surface area (Å²) in [6.07, 6.45) is -0.969. The van der Waals surface area contributed by atoms with Gasteiger partial charge in [0.15, 0.2) is 0 Å². The molecule has 0 spiro atoms. The maximum absolute atomic E-state index is 9.58. The average Bonchev–Trinajstić information content (AvgIpc) is 2.91. The zero-order chi connectivity index (χ0) is 8.46. The Morgan fingerprint density at radius 3 is 1.67 bits per heavy atom. The second-order valence-electron chi connectivity index (χ2n) is 3.51. The number of fused-ring (bicyclic) bond motifs is 2. The maximum Gasteiger partial charge on any atom is 0.114 e. The fourth-order valence-electron chi connectivity index (χ4n) is 1.88. The second kappa shape index (κ2) is 2.28. The van der Waals surface area contributed by atoms with E-state index in [-0.39, 0.29) is 35.2 Å². The van der Waals surface area contributed by atoms with Gasteiger partial charge < -0.3 is 14.6 Å². The first-order valence-electron chi connectivity index (χ1n) is 3.97. The van der Waals surface area contributed by atoms with Crippen molar-refractivity contribution in [1.29, 1.82) is 0 Å². The maximum atomic E-state index is 9.58. The Labute approximate surface area is 79.5 Å². The minimum absolute atomic E-state index is 0.0689. The number of hydrogen-bond acceptors (Lipinski definition) is 3. The van der Waals surface area contributed by atoms with Crippen LogP contribution in [0.15, 0.2) is 0 Å². The molecular weight excluding hydrogens is 203 g/mol. The molecule has 0 aromatic carbocycles. The predicted molar refractivity (Wildman–Crippen MR) is 42.6 cm³/mol. The molecule has 3 nitrogen and oxygen atoms in total. The van der Waals surface area contributed by atoms with Crippen molar-refractivity contribution in [1.82, 2.24) is 0 Å². The smallest absolute Gasteiger partial charge is 0.114 e. The zero-order valence-corrected chi connectivity index (χ0v) is 7.57. The second-order valence-corrected chi connectivity index (χ2v) is 4.52. The average molecular weight is 211 g/mol. The first-order valence-corrected chi connectivity index (χ1v) is 4.84. The Hall–Kier alpha value is 0.460. The van der Waals surface area contributed by atoms with Crippen LogP contribution in [0.4, 0.5) is 0 Å². The molecule has 0 aromatic heterocycles. The van der Waals surface area contributed by atoms with Gasteiger partial charge >= 0.3 is 0 Å². The van der Waals surface area contributed by atoms with Crippen LogP contribution in [-0.4, -0.2) is 46.4 Å². The fourth-order valence-corrected chi connectivity index (χ4v) is 2.58. The molecule has 1 unspecified atom stereocenters. The quantitative estimate of drug-likeness (QED) is 0.457. The highest BCUT2D eigenvalue weighted by Gasteiger charge is 2.65. The SMILES string of the molecule is OC1[C@H]2O[C@H]2[C@@H](Cl)[C@H](Cl)[C@H]2O[C@@H]12. The third-order valence-electron chi connectivity index (χ3n) is 2.73. The molecule has 68 valence electrons. The fraction of sp³-hybridized carbons (Fsp3) is 1.00. The molecule has 7 atom stereocenters. The molecular formula is C7H8Cl2O3. The van der Waals surface area contributed by atoms with E-state index in [0.29, 0.717) is 0 Å². The van der Waals surface area contributed by atoms with Gasteiger partial charge in [-0.15, -0.1) is 23.2 Å². The van der Waals surface area contributed by atoms with E-state index in [1.807, 2.05) is 0 Å². The summed E-state index contributed by atoms with van der Waals surface area (Å²) in [5.74, 6) is 0. The van der Waals surface area contributed by atoms with Crippen LogP contribution in [0.3, 0.4) is 0 Å². The highest BCUT2D eigenvalue weighted by Crippen LogP contribution is 2.47. The van der Waals surface area contributed by atoms with Crippen molar-refractivity contribution in [3.05, 3.63) is 0 Å². The van der Waals surface area contributed by atoms with Crippen LogP contribution in [0.1, 0.15) is 0 Å². The topological polar surface area (TPSA) is 45.3 Å². The summed E-state index contributed by atoms with van der Waals surface area (Å²) >= 11 is 12.0. The minimum atomic E-state index is -0.537. The highest BCUT2D eigenvalue weighted by molar-refractivity contribution is 6.31. The van der Waals surface area contributed by atoms with Gasteiger partial charge in [0.25, 0.3) is 0 Å². The molecule has 0 bridgehead atoms. The number of alkyl halides is 2. The Morgan fingerprint density at radius 2 is 1.25 bits per heavy atom. The minimum Gasteiger partial charge on any atom is -0.387 e. The number of halogens is 2. The molecule has 2 saturated heterocycles. The van der Waals surface area contributed by atoms with Gasteiger partial charge in [0.2, 0.25) is 0 Å². The van der Waals surface area contributed by atoms with Gasteiger partial charge in [0, 0.05) is 0 Å². The van der Waals surface area contributed by atoms with Crippen LogP contribution in [0.2, 0.25) is 0 Å². The number of hydrogen-bond donors (Lipinski definition) is 1. The van der Waals surface area contributed by atoms with Crippen molar-refractivity contribution in [2.45, 2.75) is 41.3 Å². The van der Waals surface area contributed by atoms with Gasteiger partial charge in [0.1, 0.15) is 30.5 Å². The summed E-state index contributed by atoms with van der Waals surface area (Å²) in [5, 5.41) is 9.11. The van der Waals surface area contributed by atoms with Crippen LogP contribution in [0.25, 0.3) is 0 Å². The van der Waals surface area contributed by atoms with E-state index in [0.717, 1.165) is 0 Å². The Morgan fingerprint density at radius 1 is 0.833 bits per heavy atom. The lowest BCUT2D eigenvalue weighted by Gasteiger charge is -2.09. The predicted octanol–water partition coefficient (Wildman–Crippen LogP) is 0.110. The van der Waals surface area contributed by atoms with Gasteiger partial charge in [-0.25, -0.2) is 0 Å². The lowest BCUT2D eigenvalue weighted by atomic mass is 10.1. The van der Waals surface area contributed by atoms with Crippen molar-refractivity contribution in [2.75, 3.05) is 0 Å². The molecule has 12 heavy (non-hydrogen) atoms. The van der Waals surface area contributed by atoms with E-state index in [2.05, 4.69) is 0 Å². The Kier molecular flexibility index (Phi) is 1.49. The molecule has 1 N–H and O–H groups in total. The van der Waals surface area contributed by atoms with Crippen LogP contribution in [-0.2, 0) is 9.47 Å². The number of ether oxygens (including phenoxy) is 2. The van der Waals surface area contributed by atoms with Crippen LogP contribution in [0.5, 0.6) is 0 Å². The molecule has 3 fully saturated rings. The van der Waals surface area contributed by atoms with Gasteiger partial charge in [-0.2, -0.15) is 0 Å². The molecule has 2 aliphatic heterocycles. The van der Waals surface area contributed by atoms with Gasteiger partial charge in [-0.05, 0) is 0 Å². The van der Waals surface area contributed by atoms with Crippen molar-refractivity contribution >= 4 is 23.2 Å². The summed E-state index contributed by atoms with van der Waals surface area (Å²) < 4.78 is 10.4. The van der Waals surface area contributed by atoms with E-state index < -0.39 is 6.10 Å². The van der Waals surface area contributed by atoms with E-state index >= 15 is 0 Å². The number of aliphatic hydroxyl groups is 1. The number of aliphatic hydroxyl groups excluding tert-OH is 1.